The van der Waals surface area contributed by atoms with Gasteiger partial charge in [-0.05, 0) is 12.1 Å². The first-order chi connectivity index (χ1) is 8.59. The van der Waals surface area contributed by atoms with E-state index in [9.17, 15) is 9.50 Å². The van der Waals surface area contributed by atoms with Crippen molar-refractivity contribution in [3.63, 3.8) is 0 Å². The van der Waals surface area contributed by atoms with Crippen LogP contribution in [0.5, 0.6) is 5.75 Å². The van der Waals surface area contributed by atoms with E-state index in [2.05, 4.69) is 5.32 Å². The van der Waals surface area contributed by atoms with Crippen LogP contribution in [0.25, 0.3) is 0 Å². The van der Waals surface area contributed by atoms with Gasteiger partial charge in [-0.25, -0.2) is 4.39 Å². The Hall–Kier alpha value is -1.39. The van der Waals surface area contributed by atoms with Gasteiger partial charge >= 0.3 is 0 Å². The zero-order chi connectivity index (χ0) is 13.2. The zero-order valence-electron chi connectivity index (χ0n) is 9.97. The molecule has 3 N–H and O–H groups in total. The van der Waals surface area contributed by atoms with Crippen LogP contribution in [-0.4, -0.2) is 41.6 Å². The highest BCUT2D eigenvalue weighted by molar-refractivity contribution is 5.85. The maximum Gasteiger partial charge on any atom is 0.144 e. The van der Waals surface area contributed by atoms with E-state index in [1.54, 1.807) is 6.07 Å². The van der Waals surface area contributed by atoms with Crippen LogP contribution in [0.1, 0.15) is 5.56 Å². The third-order valence-electron chi connectivity index (χ3n) is 2.97. The molecule has 104 valence electrons. The Morgan fingerprint density at radius 2 is 2.32 bits per heavy atom. The second kappa shape index (κ2) is 6.17. The first-order valence-electron chi connectivity index (χ1n) is 5.49. The first kappa shape index (κ1) is 15.7. The van der Waals surface area contributed by atoms with Crippen LogP contribution in [-0.2, 0) is 0 Å². The lowest BCUT2D eigenvalue weighted by Gasteiger charge is -2.27. The molecular formula is C12H14ClFN2O3. The van der Waals surface area contributed by atoms with Crippen molar-refractivity contribution in [3.05, 3.63) is 29.6 Å². The quantitative estimate of drug-likeness (QED) is 0.739. The summed E-state index contributed by atoms with van der Waals surface area (Å²) in [5, 5.41) is 30.6. The molecule has 1 aliphatic rings. The number of hydrogen-bond donors (Lipinski definition) is 3. The highest BCUT2D eigenvalue weighted by atomic mass is 35.5. The molecule has 0 radical (unpaired) electrons. The number of β-amino-alcohol motifs (C(OH)–C–C–N with tert-alkyl or cyclic N) is 1. The molecule has 19 heavy (non-hydrogen) atoms. The number of hydrogen-bond acceptors (Lipinski definition) is 5. The van der Waals surface area contributed by atoms with Gasteiger partial charge in [-0.1, -0.05) is 0 Å². The van der Waals surface area contributed by atoms with Gasteiger partial charge in [0.1, 0.15) is 29.3 Å². The summed E-state index contributed by atoms with van der Waals surface area (Å²) in [6, 6.07) is 5.57. The minimum Gasteiger partial charge on any atom is -0.486 e. The summed E-state index contributed by atoms with van der Waals surface area (Å²) in [7, 11) is 0. The third-order valence-corrected chi connectivity index (χ3v) is 2.97. The fourth-order valence-electron chi connectivity index (χ4n) is 1.86. The monoisotopic (exact) mass is 288 g/mol. The van der Waals surface area contributed by atoms with Crippen molar-refractivity contribution in [1.82, 2.24) is 5.32 Å². The lowest BCUT2D eigenvalue weighted by molar-refractivity contribution is -0.0632. The molecule has 2 rings (SSSR count). The molecule has 0 amide bonds. The van der Waals surface area contributed by atoms with Crippen molar-refractivity contribution in [1.29, 1.82) is 5.26 Å². The minimum absolute atomic E-state index is 0. The topological polar surface area (TPSA) is 85.5 Å². The molecule has 7 heteroatoms. The highest BCUT2D eigenvalue weighted by Crippen LogP contribution is 2.23. The molecule has 2 unspecified atom stereocenters. The standard InChI is InChI=1S/C12H13FN2O3.ClH/c13-10-3-9(2-1-8(10)4-14)18-11-5-15-6-12(11,17)7-16;/h1-3,11,15-17H,5-7H2;1H. The molecule has 0 aromatic heterocycles. The van der Waals surface area contributed by atoms with Gasteiger partial charge < -0.3 is 20.3 Å². The van der Waals surface area contributed by atoms with Crippen molar-refractivity contribution in [3.8, 4) is 11.8 Å². The van der Waals surface area contributed by atoms with Crippen LogP contribution in [0, 0.1) is 17.1 Å². The zero-order valence-corrected chi connectivity index (χ0v) is 10.8. The van der Waals surface area contributed by atoms with E-state index in [0.717, 1.165) is 6.07 Å². The van der Waals surface area contributed by atoms with E-state index in [1.165, 1.54) is 12.1 Å². The van der Waals surface area contributed by atoms with E-state index in [0.29, 0.717) is 6.54 Å². The smallest absolute Gasteiger partial charge is 0.144 e. The van der Waals surface area contributed by atoms with Crippen LogP contribution in [0.2, 0.25) is 0 Å². The average Bonchev–Trinajstić information content (AvgIpc) is 2.72. The van der Waals surface area contributed by atoms with Crippen molar-refractivity contribution in [2.24, 2.45) is 0 Å². The van der Waals surface area contributed by atoms with Crippen LogP contribution in [0.4, 0.5) is 4.39 Å². The average molecular weight is 289 g/mol. The molecule has 1 aromatic carbocycles. The second-order valence-corrected chi connectivity index (χ2v) is 4.25. The Balaban J connectivity index is 0.00000180. The van der Waals surface area contributed by atoms with Crippen LogP contribution >= 0.6 is 12.4 Å². The van der Waals surface area contributed by atoms with Gasteiger partial charge in [0.05, 0.1) is 12.2 Å². The second-order valence-electron chi connectivity index (χ2n) is 4.25. The molecule has 0 spiro atoms. The number of nitriles is 1. The fourth-order valence-corrected chi connectivity index (χ4v) is 1.86. The first-order valence-corrected chi connectivity index (χ1v) is 5.49. The van der Waals surface area contributed by atoms with Gasteiger partial charge in [-0.15, -0.1) is 12.4 Å². The number of nitrogens with zero attached hydrogens (tertiary/aromatic N) is 1. The molecule has 0 bridgehead atoms. The molecule has 0 saturated carbocycles. The fraction of sp³-hybridized carbons (Fsp3) is 0.417. The number of ether oxygens (including phenoxy) is 1. The molecule has 1 saturated heterocycles. The third kappa shape index (κ3) is 3.14. The lowest BCUT2D eigenvalue weighted by Crippen LogP contribution is -2.48. The molecule has 1 aliphatic heterocycles. The molecule has 2 atom stereocenters. The maximum absolute atomic E-state index is 13.4. The van der Waals surface area contributed by atoms with E-state index < -0.39 is 24.1 Å². The normalized spacial score (nSPS) is 25.5. The van der Waals surface area contributed by atoms with Gasteiger partial charge in [0.25, 0.3) is 0 Å². The summed E-state index contributed by atoms with van der Waals surface area (Å²) in [5.41, 5.74) is -1.44. The largest absolute Gasteiger partial charge is 0.486 e. The SMILES string of the molecule is Cl.N#Cc1ccc(OC2CNCC2(O)CO)cc1F. The van der Waals surface area contributed by atoms with Crippen LogP contribution in [0.3, 0.4) is 0 Å². The van der Waals surface area contributed by atoms with Crippen LogP contribution < -0.4 is 10.1 Å². The molecule has 0 aliphatic carbocycles. The molecular weight excluding hydrogens is 275 g/mol. The predicted molar refractivity (Wildman–Crippen MR) is 67.7 cm³/mol. The van der Waals surface area contributed by atoms with Crippen molar-refractivity contribution < 1.29 is 19.3 Å². The minimum atomic E-state index is -1.37. The Morgan fingerprint density at radius 3 is 2.89 bits per heavy atom. The lowest BCUT2D eigenvalue weighted by atomic mass is 10.0. The summed E-state index contributed by atoms with van der Waals surface area (Å²) >= 11 is 0. The summed E-state index contributed by atoms with van der Waals surface area (Å²) in [6.45, 7) is 0.134. The van der Waals surface area contributed by atoms with Crippen molar-refractivity contribution in [2.75, 3.05) is 19.7 Å². The Labute approximate surface area is 116 Å². The highest BCUT2D eigenvalue weighted by Gasteiger charge is 2.42. The molecule has 1 fully saturated rings. The van der Waals surface area contributed by atoms with Crippen LogP contribution in [0.15, 0.2) is 18.2 Å². The Morgan fingerprint density at radius 1 is 1.58 bits per heavy atom. The number of rotatable bonds is 3. The number of aliphatic hydroxyl groups is 2. The van der Waals surface area contributed by atoms with Gasteiger partial charge in [0.15, 0.2) is 0 Å². The van der Waals surface area contributed by atoms with Crippen molar-refractivity contribution >= 4 is 12.4 Å². The number of aliphatic hydroxyl groups excluding tert-OH is 1. The maximum atomic E-state index is 13.4. The summed E-state index contributed by atoms with van der Waals surface area (Å²) in [4.78, 5) is 0. The van der Waals surface area contributed by atoms with Gasteiger partial charge in [-0.3, -0.25) is 0 Å². The summed E-state index contributed by atoms with van der Waals surface area (Å²) in [5.74, 6) is -0.458. The van der Waals surface area contributed by atoms with E-state index >= 15 is 0 Å². The summed E-state index contributed by atoms with van der Waals surface area (Å²) in [6.07, 6.45) is -0.658. The van der Waals surface area contributed by atoms with E-state index in [-0.39, 0.29) is 30.3 Å². The number of benzene rings is 1. The molecule has 1 aromatic rings. The summed E-state index contributed by atoms with van der Waals surface area (Å²) < 4.78 is 18.8. The van der Waals surface area contributed by atoms with Gasteiger partial charge in [-0.2, -0.15) is 5.26 Å². The molecule has 1 heterocycles. The van der Waals surface area contributed by atoms with E-state index in [1.807, 2.05) is 0 Å². The van der Waals surface area contributed by atoms with Gasteiger partial charge in [0.2, 0.25) is 0 Å². The Bertz CT molecular complexity index is 494. The number of halogens is 2. The predicted octanol–water partition coefficient (Wildman–Crippen LogP) is 0.193. The van der Waals surface area contributed by atoms with Gasteiger partial charge in [0, 0.05) is 19.2 Å². The number of nitrogens with one attached hydrogen (secondary N) is 1. The van der Waals surface area contributed by atoms with Crippen molar-refractivity contribution in [2.45, 2.75) is 11.7 Å². The van der Waals surface area contributed by atoms with E-state index in [4.69, 9.17) is 15.1 Å². The Kier molecular flexibility index (Phi) is 5.09. The molecule has 5 nitrogen and oxygen atoms in total.